The van der Waals surface area contributed by atoms with Gasteiger partial charge in [-0.1, -0.05) is 12.1 Å². The molecule has 0 spiro atoms. The molecule has 1 saturated carbocycles. The second-order valence-electron chi connectivity index (χ2n) is 11.8. The maximum Gasteiger partial charge on any atom is 0.416 e. The molecule has 1 aliphatic carbocycles. The number of likely N-dealkylation sites (tertiary alicyclic amines) is 1. The summed E-state index contributed by atoms with van der Waals surface area (Å²) in [7, 11) is 0. The van der Waals surface area contributed by atoms with E-state index in [0.717, 1.165) is 86.0 Å². The van der Waals surface area contributed by atoms with E-state index in [-0.39, 0.29) is 24.0 Å². The Kier molecular flexibility index (Phi) is 9.00. The summed E-state index contributed by atoms with van der Waals surface area (Å²) in [6.45, 7) is 2.81. The predicted molar refractivity (Wildman–Crippen MR) is 164 cm³/mol. The molecule has 6 rings (SSSR count). The first-order chi connectivity index (χ1) is 20.8. The molecule has 2 atom stereocenters. The average molecular weight is 608 g/mol. The van der Waals surface area contributed by atoms with Crippen molar-refractivity contribution < 1.29 is 22.7 Å². The Bertz CT molecular complexity index is 1520. The van der Waals surface area contributed by atoms with Crippen LogP contribution in [0.25, 0.3) is 10.1 Å². The number of amides is 1. The van der Waals surface area contributed by atoms with Crippen LogP contribution in [0.3, 0.4) is 0 Å². The van der Waals surface area contributed by atoms with E-state index in [1.165, 1.54) is 29.0 Å². The van der Waals surface area contributed by atoms with E-state index in [1.54, 1.807) is 12.1 Å². The fourth-order valence-corrected chi connectivity index (χ4v) is 7.28. The average Bonchev–Trinajstić information content (AvgIpc) is 3.30. The minimum atomic E-state index is -4.31. The van der Waals surface area contributed by atoms with E-state index >= 15 is 0 Å². The van der Waals surface area contributed by atoms with Crippen LogP contribution in [0.1, 0.15) is 77.2 Å². The van der Waals surface area contributed by atoms with E-state index in [2.05, 4.69) is 15.2 Å². The number of carbonyl (C=O) groups excluding carboxylic acids is 1. The normalized spacial score (nSPS) is 20.5. The number of hydrogen-bond acceptors (Lipinski definition) is 5. The number of halogens is 3. The highest BCUT2D eigenvalue weighted by Gasteiger charge is 2.30. The molecule has 2 aromatic heterocycles. The highest BCUT2D eigenvalue weighted by Crippen LogP contribution is 2.36. The molecule has 1 amide bonds. The largest absolute Gasteiger partial charge is 0.490 e. The number of piperidine rings is 1. The molecule has 5 nitrogen and oxygen atoms in total. The lowest BCUT2D eigenvalue weighted by Crippen LogP contribution is -2.44. The van der Waals surface area contributed by atoms with Crippen LogP contribution in [-0.4, -0.2) is 41.0 Å². The maximum atomic E-state index is 13.1. The van der Waals surface area contributed by atoms with Crippen molar-refractivity contribution in [3.05, 3.63) is 94.6 Å². The predicted octanol–water partition coefficient (Wildman–Crippen LogP) is 8.20. The number of fused-ring (bicyclic) bond motifs is 1. The van der Waals surface area contributed by atoms with E-state index in [9.17, 15) is 18.0 Å². The number of thiophene rings is 1. The fraction of sp³-hybridized carbons (Fsp3) is 0.412. The number of nitrogens with zero attached hydrogens (tertiary/aromatic N) is 2. The Labute approximate surface area is 254 Å². The second kappa shape index (κ2) is 13.1. The maximum absolute atomic E-state index is 13.1. The molecule has 226 valence electrons. The standard InChI is InChI=1S/C34H36F3N3O2S/c35-34(36,37)27-8-4-25(5-9-27)24-2-1-3-29(10-6-24)42-30-11-7-26-20-32(43-31(26)21-30)33(41)39-28-14-18-40(19-15-28)22-23-12-16-38-17-13-23/h4-5,7-9,11-13,16-17,20-21,24,28-29H,1-3,6,10,14-15,18-19,22H2,(H,39,41). The van der Waals surface area contributed by atoms with E-state index in [0.29, 0.717) is 4.88 Å². The number of ether oxygens (including phenoxy) is 1. The van der Waals surface area contributed by atoms with Gasteiger partial charge >= 0.3 is 6.18 Å². The van der Waals surface area contributed by atoms with Gasteiger partial charge < -0.3 is 10.1 Å². The number of hydrogen-bond donors (Lipinski definition) is 1. The zero-order valence-electron chi connectivity index (χ0n) is 24.0. The summed E-state index contributed by atoms with van der Waals surface area (Å²) in [5.74, 6) is 1.01. The van der Waals surface area contributed by atoms with Gasteiger partial charge in [0.1, 0.15) is 5.75 Å². The van der Waals surface area contributed by atoms with Gasteiger partial charge in [0.25, 0.3) is 5.91 Å². The van der Waals surface area contributed by atoms with Gasteiger partial charge in [-0.15, -0.1) is 11.3 Å². The first-order valence-corrected chi connectivity index (χ1v) is 15.9. The van der Waals surface area contributed by atoms with Gasteiger partial charge in [0, 0.05) is 42.8 Å². The molecule has 43 heavy (non-hydrogen) atoms. The number of alkyl halides is 3. The van der Waals surface area contributed by atoms with Gasteiger partial charge in [-0.05, 0) is 116 Å². The molecule has 2 unspecified atom stereocenters. The number of rotatable bonds is 7. The van der Waals surface area contributed by atoms with Gasteiger partial charge in [-0.3, -0.25) is 14.7 Å². The molecular formula is C34H36F3N3O2S. The Morgan fingerprint density at radius 2 is 1.70 bits per heavy atom. The summed E-state index contributed by atoms with van der Waals surface area (Å²) in [5.41, 5.74) is 1.62. The van der Waals surface area contributed by atoms with Crippen molar-refractivity contribution >= 4 is 27.3 Å². The van der Waals surface area contributed by atoms with Crippen LogP contribution < -0.4 is 10.1 Å². The second-order valence-corrected chi connectivity index (χ2v) is 12.8. The van der Waals surface area contributed by atoms with E-state index < -0.39 is 11.7 Å². The van der Waals surface area contributed by atoms with Crippen molar-refractivity contribution in [2.75, 3.05) is 13.1 Å². The fourth-order valence-electron chi connectivity index (χ4n) is 6.29. The Morgan fingerprint density at radius 3 is 2.44 bits per heavy atom. The van der Waals surface area contributed by atoms with Crippen molar-refractivity contribution in [3.63, 3.8) is 0 Å². The number of benzene rings is 2. The highest BCUT2D eigenvalue weighted by atomic mass is 32.1. The molecule has 1 N–H and O–H groups in total. The Hall–Kier alpha value is -3.43. The summed E-state index contributed by atoms with van der Waals surface area (Å²) in [5, 5.41) is 4.27. The first kappa shape index (κ1) is 29.6. The molecule has 0 radical (unpaired) electrons. The van der Waals surface area contributed by atoms with Gasteiger partial charge in [0.2, 0.25) is 0 Å². The summed E-state index contributed by atoms with van der Waals surface area (Å²) in [6, 6.07) is 17.8. The van der Waals surface area contributed by atoms with E-state index in [4.69, 9.17) is 4.74 Å². The molecule has 0 bridgehead atoms. The summed E-state index contributed by atoms with van der Waals surface area (Å²) < 4.78 is 46.3. The molecule has 1 aliphatic heterocycles. The number of nitrogens with one attached hydrogen (secondary N) is 1. The molecule has 2 aliphatic rings. The van der Waals surface area contributed by atoms with Crippen molar-refractivity contribution in [3.8, 4) is 5.75 Å². The van der Waals surface area contributed by atoms with Crippen LogP contribution in [0, 0.1) is 0 Å². The molecule has 3 heterocycles. The summed E-state index contributed by atoms with van der Waals surface area (Å²) in [4.78, 5) is 20.3. The first-order valence-electron chi connectivity index (χ1n) is 15.1. The van der Waals surface area contributed by atoms with Gasteiger partial charge in [0.05, 0.1) is 16.5 Å². The van der Waals surface area contributed by atoms with Crippen LogP contribution in [0.4, 0.5) is 13.2 Å². The molecule has 9 heteroatoms. The van der Waals surface area contributed by atoms with Crippen molar-refractivity contribution in [1.82, 2.24) is 15.2 Å². The minimum absolute atomic E-state index is 0.0191. The minimum Gasteiger partial charge on any atom is -0.490 e. The van der Waals surface area contributed by atoms with E-state index in [1.807, 2.05) is 48.8 Å². The third-order valence-corrected chi connectivity index (χ3v) is 9.82. The summed E-state index contributed by atoms with van der Waals surface area (Å²) >= 11 is 1.49. The van der Waals surface area contributed by atoms with Gasteiger partial charge in [0.15, 0.2) is 0 Å². The van der Waals surface area contributed by atoms with Gasteiger partial charge in [-0.25, -0.2) is 0 Å². The Balaban J connectivity index is 1.01. The smallest absolute Gasteiger partial charge is 0.416 e. The lowest BCUT2D eigenvalue weighted by atomic mass is 9.91. The van der Waals surface area contributed by atoms with Crippen molar-refractivity contribution in [2.45, 2.75) is 75.7 Å². The zero-order valence-corrected chi connectivity index (χ0v) is 24.8. The molecule has 4 aromatic rings. The van der Waals surface area contributed by atoms with Crippen LogP contribution in [-0.2, 0) is 12.7 Å². The SMILES string of the molecule is O=C(NC1CCN(Cc2ccncc2)CC1)c1cc2ccc(OC3CCCC(c4ccc(C(F)(F)F)cc4)CC3)cc2s1. The number of aromatic nitrogens is 1. The molecule has 2 aromatic carbocycles. The molecular weight excluding hydrogens is 571 g/mol. The lowest BCUT2D eigenvalue weighted by molar-refractivity contribution is -0.137. The van der Waals surface area contributed by atoms with Crippen LogP contribution in [0.15, 0.2) is 73.1 Å². The molecule has 2 fully saturated rings. The van der Waals surface area contributed by atoms with Crippen LogP contribution in [0.5, 0.6) is 5.75 Å². The van der Waals surface area contributed by atoms with Crippen LogP contribution in [0.2, 0.25) is 0 Å². The summed E-state index contributed by atoms with van der Waals surface area (Å²) in [6.07, 6.45) is 5.80. The third-order valence-electron chi connectivity index (χ3n) is 8.72. The highest BCUT2D eigenvalue weighted by molar-refractivity contribution is 7.20. The van der Waals surface area contributed by atoms with Crippen molar-refractivity contribution in [1.29, 1.82) is 0 Å². The zero-order chi connectivity index (χ0) is 29.8. The topological polar surface area (TPSA) is 54.5 Å². The third kappa shape index (κ3) is 7.57. The monoisotopic (exact) mass is 607 g/mol. The van der Waals surface area contributed by atoms with Crippen molar-refractivity contribution in [2.24, 2.45) is 0 Å². The quantitative estimate of drug-likeness (QED) is 0.215. The number of carbonyl (C=O) groups is 1. The van der Waals surface area contributed by atoms with Crippen LogP contribution >= 0.6 is 11.3 Å². The molecule has 1 saturated heterocycles. The lowest BCUT2D eigenvalue weighted by Gasteiger charge is -2.32. The number of pyridine rings is 1. The Morgan fingerprint density at radius 1 is 0.930 bits per heavy atom. The van der Waals surface area contributed by atoms with Gasteiger partial charge in [-0.2, -0.15) is 13.2 Å².